The van der Waals surface area contributed by atoms with Crippen LogP contribution < -0.4 is 4.90 Å². The summed E-state index contributed by atoms with van der Waals surface area (Å²) in [6, 6.07) is 13.4. The van der Waals surface area contributed by atoms with Crippen LogP contribution in [0.3, 0.4) is 0 Å². The van der Waals surface area contributed by atoms with E-state index < -0.39 is 0 Å². The molecule has 1 saturated heterocycles. The molecule has 1 aromatic carbocycles. The number of pyridine rings is 1. The normalized spacial score (nSPS) is 14.4. The number of aromatic nitrogens is 3. The van der Waals surface area contributed by atoms with Gasteiger partial charge in [0.15, 0.2) is 5.82 Å². The Hall–Kier alpha value is -2.67. The smallest absolute Gasteiger partial charge is 0.254 e. The average molecular weight is 440 g/mol. The maximum Gasteiger partial charge on any atom is 0.254 e. The van der Waals surface area contributed by atoms with Gasteiger partial charge in [-0.05, 0) is 44.2 Å². The summed E-state index contributed by atoms with van der Waals surface area (Å²) in [4.78, 5) is 21.4. The zero-order valence-corrected chi connectivity index (χ0v) is 17.6. The number of benzene rings is 1. The number of carbonyl (C=O) groups excluding carboxylic acids is 1. The van der Waals surface area contributed by atoms with Gasteiger partial charge in [0, 0.05) is 42.4 Å². The first-order valence-corrected chi connectivity index (χ1v) is 10.1. The fourth-order valence-corrected chi connectivity index (χ4v) is 4.13. The van der Waals surface area contributed by atoms with Crippen LogP contribution in [0.2, 0.25) is 0 Å². The van der Waals surface area contributed by atoms with Crippen LogP contribution in [0.1, 0.15) is 21.7 Å². The molecule has 3 heterocycles. The fourth-order valence-electron chi connectivity index (χ4n) is 3.73. The SMILES string of the molecule is Cc1nn(-c2ccccn2)c(C)c1N1CCN(C(=O)c2cccc(Br)c2)CC1. The van der Waals surface area contributed by atoms with Gasteiger partial charge in [-0.15, -0.1) is 0 Å². The van der Waals surface area contributed by atoms with Crippen LogP contribution in [0, 0.1) is 13.8 Å². The van der Waals surface area contributed by atoms with Crippen LogP contribution in [0.25, 0.3) is 5.82 Å². The first-order valence-electron chi connectivity index (χ1n) is 9.32. The van der Waals surface area contributed by atoms with Crippen LogP contribution in [0.4, 0.5) is 5.69 Å². The molecular weight excluding hydrogens is 418 g/mol. The van der Waals surface area contributed by atoms with Gasteiger partial charge in [0.1, 0.15) is 0 Å². The summed E-state index contributed by atoms with van der Waals surface area (Å²) in [5.74, 6) is 0.899. The van der Waals surface area contributed by atoms with E-state index in [4.69, 9.17) is 5.10 Å². The molecule has 4 rings (SSSR count). The second-order valence-corrected chi connectivity index (χ2v) is 7.82. The number of piperazine rings is 1. The third kappa shape index (κ3) is 3.54. The van der Waals surface area contributed by atoms with E-state index in [9.17, 15) is 4.79 Å². The maximum atomic E-state index is 12.8. The van der Waals surface area contributed by atoms with Crippen molar-refractivity contribution in [3.63, 3.8) is 0 Å². The Morgan fingerprint density at radius 2 is 1.82 bits per heavy atom. The lowest BCUT2D eigenvalue weighted by Gasteiger charge is -2.36. The average Bonchev–Trinajstić information content (AvgIpc) is 3.02. The predicted molar refractivity (Wildman–Crippen MR) is 113 cm³/mol. The van der Waals surface area contributed by atoms with E-state index in [0.717, 1.165) is 46.0 Å². The number of nitrogens with zero attached hydrogens (tertiary/aromatic N) is 5. The number of aryl methyl sites for hydroxylation is 1. The molecule has 0 aliphatic carbocycles. The van der Waals surface area contributed by atoms with Crippen molar-refractivity contribution in [1.82, 2.24) is 19.7 Å². The first-order chi connectivity index (χ1) is 13.5. The number of hydrogen-bond donors (Lipinski definition) is 0. The molecule has 2 aromatic heterocycles. The number of amides is 1. The molecule has 3 aromatic rings. The van der Waals surface area contributed by atoms with Gasteiger partial charge < -0.3 is 9.80 Å². The Morgan fingerprint density at radius 3 is 2.50 bits per heavy atom. The van der Waals surface area contributed by atoms with Crippen molar-refractivity contribution in [1.29, 1.82) is 0 Å². The van der Waals surface area contributed by atoms with Gasteiger partial charge in [0.05, 0.1) is 17.1 Å². The summed E-state index contributed by atoms with van der Waals surface area (Å²) in [5.41, 5.74) is 3.91. The number of anilines is 1. The highest BCUT2D eigenvalue weighted by Gasteiger charge is 2.26. The summed E-state index contributed by atoms with van der Waals surface area (Å²) in [6.07, 6.45) is 1.78. The molecule has 0 N–H and O–H groups in total. The summed E-state index contributed by atoms with van der Waals surface area (Å²) < 4.78 is 2.81. The van der Waals surface area contributed by atoms with E-state index in [0.29, 0.717) is 13.1 Å². The van der Waals surface area contributed by atoms with Crippen molar-refractivity contribution >= 4 is 27.5 Å². The molecule has 0 unspecified atom stereocenters. The Bertz CT molecular complexity index is 993. The molecule has 0 spiro atoms. The number of carbonyl (C=O) groups is 1. The van der Waals surface area contributed by atoms with Gasteiger partial charge in [-0.2, -0.15) is 5.10 Å². The zero-order chi connectivity index (χ0) is 19.7. The zero-order valence-electron chi connectivity index (χ0n) is 16.0. The van der Waals surface area contributed by atoms with Gasteiger partial charge >= 0.3 is 0 Å². The third-order valence-electron chi connectivity index (χ3n) is 5.07. The minimum absolute atomic E-state index is 0.0820. The molecule has 0 saturated carbocycles. The summed E-state index contributed by atoms with van der Waals surface area (Å²) in [7, 11) is 0. The van der Waals surface area contributed by atoms with Crippen molar-refractivity contribution in [2.24, 2.45) is 0 Å². The third-order valence-corrected chi connectivity index (χ3v) is 5.57. The molecule has 28 heavy (non-hydrogen) atoms. The quantitative estimate of drug-likeness (QED) is 0.625. The highest BCUT2D eigenvalue weighted by atomic mass is 79.9. The van der Waals surface area contributed by atoms with Crippen molar-refractivity contribution < 1.29 is 4.79 Å². The monoisotopic (exact) mass is 439 g/mol. The number of halogens is 1. The van der Waals surface area contributed by atoms with Crippen LogP contribution in [-0.4, -0.2) is 51.8 Å². The minimum Gasteiger partial charge on any atom is -0.365 e. The van der Waals surface area contributed by atoms with Crippen LogP contribution in [0.5, 0.6) is 0 Å². The van der Waals surface area contributed by atoms with Crippen LogP contribution >= 0.6 is 15.9 Å². The van der Waals surface area contributed by atoms with Gasteiger partial charge in [-0.25, -0.2) is 9.67 Å². The summed E-state index contributed by atoms with van der Waals surface area (Å²) >= 11 is 3.44. The van der Waals surface area contributed by atoms with Crippen molar-refractivity contribution in [3.05, 3.63) is 70.1 Å². The molecule has 0 radical (unpaired) electrons. The lowest BCUT2D eigenvalue weighted by Crippen LogP contribution is -2.49. The Balaban J connectivity index is 1.50. The van der Waals surface area contributed by atoms with Gasteiger partial charge in [0.2, 0.25) is 0 Å². The van der Waals surface area contributed by atoms with E-state index in [1.807, 2.05) is 59.0 Å². The number of rotatable bonds is 3. The second kappa shape index (κ2) is 7.75. The Kier molecular flexibility index (Phi) is 5.17. The minimum atomic E-state index is 0.0820. The molecule has 1 amide bonds. The van der Waals surface area contributed by atoms with E-state index in [-0.39, 0.29) is 5.91 Å². The second-order valence-electron chi connectivity index (χ2n) is 6.91. The molecule has 0 bridgehead atoms. The highest BCUT2D eigenvalue weighted by molar-refractivity contribution is 9.10. The predicted octanol–water partition coefficient (Wildman–Crippen LogP) is 3.61. The van der Waals surface area contributed by atoms with Crippen molar-refractivity contribution in [3.8, 4) is 5.82 Å². The maximum absolute atomic E-state index is 12.8. The molecular formula is C21H22BrN5O. The summed E-state index contributed by atoms with van der Waals surface area (Å²) in [5, 5.41) is 4.69. The Morgan fingerprint density at radius 1 is 1.04 bits per heavy atom. The molecule has 6 nitrogen and oxygen atoms in total. The lowest BCUT2D eigenvalue weighted by molar-refractivity contribution is 0.0746. The molecule has 1 fully saturated rings. The molecule has 1 aliphatic heterocycles. The van der Waals surface area contributed by atoms with Gasteiger partial charge in [-0.3, -0.25) is 4.79 Å². The van der Waals surface area contributed by atoms with Crippen LogP contribution in [-0.2, 0) is 0 Å². The van der Waals surface area contributed by atoms with Gasteiger partial charge in [-0.1, -0.05) is 28.1 Å². The number of hydrogen-bond acceptors (Lipinski definition) is 4. The Labute approximate surface area is 172 Å². The highest BCUT2D eigenvalue weighted by Crippen LogP contribution is 2.27. The molecule has 0 atom stereocenters. The molecule has 144 valence electrons. The van der Waals surface area contributed by atoms with E-state index in [2.05, 4.69) is 32.7 Å². The first kappa shape index (κ1) is 18.7. The van der Waals surface area contributed by atoms with Crippen molar-refractivity contribution in [2.75, 3.05) is 31.1 Å². The van der Waals surface area contributed by atoms with Crippen LogP contribution in [0.15, 0.2) is 53.1 Å². The molecule has 7 heteroatoms. The molecule has 1 aliphatic rings. The summed E-state index contributed by atoms with van der Waals surface area (Å²) in [6.45, 7) is 7.06. The van der Waals surface area contributed by atoms with E-state index >= 15 is 0 Å². The van der Waals surface area contributed by atoms with E-state index in [1.165, 1.54) is 0 Å². The van der Waals surface area contributed by atoms with Crippen molar-refractivity contribution in [2.45, 2.75) is 13.8 Å². The van der Waals surface area contributed by atoms with E-state index in [1.54, 1.807) is 6.20 Å². The van der Waals surface area contributed by atoms with Gasteiger partial charge in [0.25, 0.3) is 5.91 Å². The lowest BCUT2D eigenvalue weighted by atomic mass is 10.1. The standard InChI is InChI=1S/C21H22BrN5O/c1-15-20(16(2)27(24-15)19-8-3-4-9-23-19)25-10-12-26(13-11-25)21(28)17-6-5-7-18(22)14-17/h3-9,14H,10-13H2,1-2H3. The largest absolute Gasteiger partial charge is 0.365 e. The fraction of sp³-hybridized carbons (Fsp3) is 0.286. The topological polar surface area (TPSA) is 54.3 Å².